The van der Waals surface area contributed by atoms with Crippen LogP contribution in [0.4, 0.5) is 4.39 Å². The summed E-state index contributed by atoms with van der Waals surface area (Å²) in [5, 5.41) is 0. The standard InChI is InChI=1S/C12H18BrFN2O2S/c1-12(2,7-15)8-16(3)19(17,18)11-5-4-9(13)6-10(11)14/h4-6H,7-8,15H2,1-3H3. The predicted molar refractivity (Wildman–Crippen MR) is 76.8 cm³/mol. The number of nitrogens with two attached hydrogens (primary N) is 1. The van der Waals surface area contributed by atoms with Gasteiger partial charge in [-0.05, 0) is 30.2 Å². The van der Waals surface area contributed by atoms with E-state index in [1.165, 1.54) is 19.2 Å². The van der Waals surface area contributed by atoms with Crippen LogP contribution in [-0.2, 0) is 10.0 Å². The highest BCUT2D eigenvalue weighted by molar-refractivity contribution is 9.10. The van der Waals surface area contributed by atoms with Gasteiger partial charge in [0.25, 0.3) is 0 Å². The van der Waals surface area contributed by atoms with Crippen LogP contribution < -0.4 is 5.73 Å². The number of rotatable bonds is 5. The van der Waals surface area contributed by atoms with E-state index in [4.69, 9.17) is 5.73 Å². The molecule has 0 aliphatic rings. The molecule has 0 aliphatic carbocycles. The monoisotopic (exact) mass is 352 g/mol. The molecule has 19 heavy (non-hydrogen) atoms. The van der Waals surface area contributed by atoms with Gasteiger partial charge in [0, 0.05) is 18.1 Å². The number of hydrogen-bond donors (Lipinski definition) is 1. The molecule has 2 N–H and O–H groups in total. The zero-order valence-electron chi connectivity index (χ0n) is 11.2. The molecule has 1 rings (SSSR count). The summed E-state index contributed by atoms with van der Waals surface area (Å²) in [6.45, 7) is 4.28. The van der Waals surface area contributed by atoms with E-state index in [0.29, 0.717) is 11.0 Å². The summed E-state index contributed by atoms with van der Waals surface area (Å²) >= 11 is 3.10. The van der Waals surface area contributed by atoms with E-state index in [2.05, 4.69) is 15.9 Å². The second-order valence-corrected chi connectivity index (χ2v) is 8.13. The first-order valence-corrected chi connectivity index (χ1v) is 7.95. The lowest BCUT2D eigenvalue weighted by Gasteiger charge is -2.28. The van der Waals surface area contributed by atoms with Gasteiger partial charge in [-0.2, -0.15) is 0 Å². The first kappa shape index (κ1) is 16.6. The zero-order chi connectivity index (χ0) is 14.8. The predicted octanol–water partition coefficient (Wildman–Crippen LogP) is 2.19. The molecule has 7 heteroatoms. The van der Waals surface area contributed by atoms with Crippen LogP contribution in [0.3, 0.4) is 0 Å². The van der Waals surface area contributed by atoms with Crippen molar-refractivity contribution in [2.75, 3.05) is 20.1 Å². The summed E-state index contributed by atoms with van der Waals surface area (Å²) in [5.41, 5.74) is 5.22. The Kier molecular flexibility index (Phi) is 5.11. The molecule has 0 spiro atoms. The molecule has 1 aromatic rings. The van der Waals surface area contributed by atoms with Crippen molar-refractivity contribution in [1.29, 1.82) is 0 Å². The van der Waals surface area contributed by atoms with Crippen LogP contribution in [0.2, 0.25) is 0 Å². The fourth-order valence-corrected chi connectivity index (χ4v) is 3.34. The van der Waals surface area contributed by atoms with E-state index in [9.17, 15) is 12.8 Å². The Hall–Kier alpha value is -0.500. The first-order valence-electron chi connectivity index (χ1n) is 5.71. The lowest BCUT2D eigenvalue weighted by molar-refractivity contribution is 0.291. The van der Waals surface area contributed by atoms with Gasteiger partial charge in [-0.3, -0.25) is 0 Å². The van der Waals surface area contributed by atoms with Crippen molar-refractivity contribution in [3.8, 4) is 0 Å². The van der Waals surface area contributed by atoms with E-state index < -0.39 is 15.8 Å². The first-order chi connectivity index (χ1) is 8.60. The summed E-state index contributed by atoms with van der Waals surface area (Å²) in [4.78, 5) is -0.328. The second kappa shape index (κ2) is 5.87. The van der Waals surface area contributed by atoms with E-state index in [0.717, 1.165) is 10.4 Å². The average molecular weight is 353 g/mol. The van der Waals surface area contributed by atoms with Gasteiger partial charge in [0.1, 0.15) is 10.7 Å². The fourth-order valence-electron chi connectivity index (χ4n) is 1.60. The summed E-state index contributed by atoms with van der Waals surface area (Å²) in [6.07, 6.45) is 0. The smallest absolute Gasteiger partial charge is 0.245 e. The van der Waals surface area contributed by atoms with Gasteiger partial charge >= 0.3 is 0 Å². The molecule has 0 saturated carbocycles. The molecule has 0 aliphatic heterocycles. The van der Waals surface area contributed by atoms with E-state index in [1.54, 1.807) is 0 Å². The highest BCUT2D eigenvalue weighted by atomic mass is 79.9. The number of nitrogens with zero attached hydrogens (tertiary/aromatic N) is 1. The van der Waals surface area contributed by atoms with E-state index in [1.807, 2.05) is 13.8 Å². The van der Waals surface area contributed by atoms with Gasteiger partial charge in [-0.1, -0.05) is 29.8 Å². The van der Waals surface area contributed by atoms with Crippen molar-refractivity contribution in [3.63, 3.8) is 0 Å². The molecule has 4 nitrogen and oxygen atoms in total. The maximum atomic E-state index is 13.8. The van der Waals surface area contributed by atoms with Crippen LogP contribution >= 0.6 is 15.9 Å². The second-order valence-electron chi connectivity index (χ2n) is 5.20. The molecule has 0 amide bonds. The molecule has 0 radical (unpaired) electrons. The highest BCUT2D eigenvalue weighted by Gasteiger charge is 2.29. The summed E-state index contributed by atoms with van der Waals surface area (Å²) < 4.78 is 40.0. The lowest BCUT2D eigenvalue weighted by atomic mass is 9.94. The summed E-state index contributed by atoms with van der Waals surface area (Å²) in [5.74, 6) is -0.772. The Balaban J connectivity index is 3.10. The normalized spacial score (nSPS) is 13.0. The minimum atomic E-state index is -3.85. The molecule has 0 atom stereocenters. The van der Waals surface area contributed by atoms with Crippen LogP contribution in [0.1, 0.15) is 13.8 Å². The number of hydrogen-bond acceptors (Lipinski definition) is 3. The molecule has 0 unspecified atom stereocenters. The molecular formula is C12H18BrFN2O2S. The SMILES string of the molecule is CN(CC(C)(C)CN)S(=O)(=O)c1ccc(Br)cc1F. The van der Waals surface area contributed by atoms with Crippen molar-refractivity contribution in [2.24, 2.45) is 11.1 Å². The molecule has 1 aromatic carbocycles. The fraction of sp³-hybridized carbons (Fsp3) is 0.500. The van der Waals surface area contributed by atoms with Gasteiger partial charge < -0.3 is 5.73 Å². The molecule has 0 fully saturated rings. The van der Waals surface area contributed by atoms with Gasteiger partial charge in [-0.15, -0.1) is 0 Å². The average Bonchev–Trinajstić information content (AvgIpc) is 2.27. The molecule has 0 saturated heterocycles. The topological polar surface area (TPSA) is 63.4 Å². The van der Waals surface area contributed by atoms with Crippen LogP contribution in [0.15, 0.2) is 27.6 Å². The Bertz CT molecular complexity index is 561. The molecule has 108 valence electrons. The van der Waals surface area contributed by atoms with Crippen molar-refractivity contribution >= 4 is 26.0 Å². The lowest BCUT2D eigenvalue weighted by Crippen LogP contribution is -2.39. The summed E-state index contributed by atoms with van der Waals surface area (Å²) in [7, 11) is -2.42. The van der Waals surface area contributed by atoms with Crippen LogP contribution in [-0.4, -0.2) is 32.9 Å². The maximum Gasteiger partial charge on any atom is 0.245 e. The third-order valence-electron chi connectivity index (χ3n) is 2.79. The van der Waals surface area contributed by atoms with Gasteiger partial charge in [0.05, 0.1) is 0 Å². The van der Waals surface area contributed by atoms with Crippen molar-refractivity contribution < 1.29 is 12.8 Å². The Morgan fingerprint density at radius 2 is 2.00 bits per heavy atom. The molecule has 0 bridgehead atoms. The summed E-state index contributed by atoms with van der Waals surface area (Å²) in [6, 6.07) is 3.88. The Morgan fingerprint density at radius 3 is 2.47 bits per heavy atom. The van der Waals surface area contributed by atoms with Crippen molar-refractivity contribution in [3.05, 3.63) is 28.5 Å². The minimum Gasteiger partial charge on any atom is -0.330 e. The quantitative estimate of drug-likeness (QED) is 0.883. The molecular weight excluding hydrogens is 335 g/mol. The Morgan fingerprint density at radius 1 is 1.42 bits per heavy atom. The van der Waals surface area contributed by atoms with Crippen molar-refractivity contribution in [1.82, 2.24) is 4.31 Å². The largest absolute Gasteiger partial charge is 0.330 e. The molecule has 0 heterocycles. The maximum absolute atomic E-state index is 13.8. The minimum absolute atomic E-state index is 0.224. The third kappa shape index (κ3) is 3.98. The van der Waals surface area contributed by atoms with Gasteiger partial charge in [0.2, 0.25) is 10.0 Å². The number of benzene rings is 1. The number of halogens is 2. The van der Waals surface area contributed by atoms with Crippen LogP contribution in [0.5, 0.6) is 0 Å². The Labute approximate surface area is 122 Å². The van der Waals surface area contributed by atoms with Crippen LogP contribution in [0.25, 0.3) is 0 Å². The zero-order valence-corrected chi connectivity index (χ0v) is 13.6. The van der Waals surface area contributed by atoms with Crippen LogP contribution in [0, 0.1) is 11.2 Å². The van der Waals surface area contributed by atoms with Gasteiger partial charge in [-0.25, -0.2) is 17.1 Å². The highest BCUT2D eigenvalue weighted by Crippen LogP contribution is 2.24. The number of sulfonamides is 1. The third-order valence-corrected chi connectivity index (χ3v) is 5.12. The molecule has 0 aromatic heterocycles. The van der Waals surface area contributed by atoms with E-state index in [-0.39, 0.29) is 16.9 Å². The van der Waals surface area contributed by atoms with Crippen molar-refractivity contribution in [2.45, 2.75) is 18.7 Å². The van der Waals surface area contributed by atoms with Gasteiger partial charge in [0.15, 0.2) is 0 Å². The van der Waals surface area contributed by atoms with E-state index >= 15 is 0 Å².